The third-order valence-electron chi connectivity index (χ3n) is 1.67. The molecule has 0 spiro atoms. The maximum absolute atomic E-state index is 5.84. The standard InChI is InChI=1S/C10H24N2/c1-9(2)6-7-12(11)8-10(3,4)5/h9H,6-8,11H2,1-5H3. The summed E-state index contributed by atoms with van der Waals surface area (Å²) in [7, 11) is 0. The van der Waals surface area contributed by atoms with Gasteiger partial charge in [0.2, 0.25) is 0 Å². The average Bonchev–Trinajstić information content (AvgIpc) is 1.79. The summed E-state index contributed by atoms with van der Waals surface area (Å²) < 4.78 is 0. The lowest BCUT2D eigenvalue weighted by molar-refractivity contribution is 0.186. The van der Waals surface area contributed by atoms with E-state index in [1.807, 2.05) is 5.01 Å². The molecule has 0 unspecified atom stereocenters. The van der Waals surface area contributed by atoms with Crippen molar-refractivity contribution >= 4 is 0 Å². The Morgan fingerprint density at radius 1 is 1.25 bits per heavy atom. The molecule has 0 amide bonds. The number of rotatable bonds is 4. The molecule has 0 aliphatic heterocycles. The summed E-state index contributed by atoms with van der Waals surface area (Å²) in [6.45, 7) is 13.1. The van der Waals surface area contributed by atoms with Crippen LogP contribution in [-0.4, -0.2) is 18.1 Å². The summed E-state index contributed by atoms with van der Waals surface area (Å²) in [5.74, 6) is 6.59. The summed E-state index contributed by atoms with van der Waals surface area (Å²) in [4.78, 5) is 0. The first kappa shape index (κ1) is 11.9. The van der Waals surface area contributed by atoms with E-state index >= 15 is 0 Å². The van der Waals surface area contributed by atoms with Crippen molar-refractivity contribution in [1.29, 1.82) is 0 Å². The highest BCUT2D eigenvalue weighted by Gasteiger charge is 2.13. The van der Waals surface area contributed by atoms with Crippen molar-refractivity contribution in [1.82, 2.24) is 5.01 Å². The van der Waals surface area contributed by atoms with E-state index in [0.717, 1.165) is 19.0 Å². The van der Waals surface area contributed by atoms with E-state index in [1.165, 1.54) is 6.42 Å². The SMILES string of the molecule is CC(C)CCN(N)CC(C)(C)C. The van der Waals surface area contributed by atoms with Crippen molar-refractivity contribution in [2.45, 2.75) is 41.0 Å². The van der Waals surface area contributed by atoms with E-state index in [1.54, 1.807) is 0 Å². The van der Waals surface area contributed by atoms with Crippen LogP contribution in [0.25, 0.3) is 0 Å². The number of nitrogens with two attached hydrogens (primary N) is 1. The van der Waals surface area contributed by atoms with Gasteiger partial charge in [-0.25, -0.2) is 5.01 Å². The Kier molecular flexibility index (Phi) is 4.80. The fourth-order valence-electron chi connectivity index (χ4n) is 1.11. The van der Waals surface area contributed by atoms with Gasteiger partial charge in [0.05, 0.1) is 0 Å². The van der Waals surface area contributed by atoms with Gasteiger partial charge < -0.3 is 0 Å². The summed E-state index contributed by atoms with van der Waals surface area (Å²) >= 11 is 0. The van der Waals surface area contributed by atoms with Crippen LogP contribution in [0.2, 0.25) is 0 Å². The monoisotopic (exact) mass is 172 g/mol. The van der Waals surface area contributed by atoms with Gasteiger partial charge >= 0.3 is 0 Å². The quantitative estimate of drug-likeness (QED) is 0.520. The molecule has 0 saturated heterocycles. The zero-order valence-electron chi connectivity index (χ0n) is 9.22. The number of nitrogens with zero attached hydrogens (tertiary/aromatic N) is 1. The molecule has 0 rings (SSSR count). The number of hydrogen-bond acceptors (Lipinski definition) is 2. The molecule has 0 fully saturated rings. The van der Waals surface area contributed by atoms with Crippen LogP contribution in [0.5, 0.6) is 0 Å². The Hall–Kier alpha value is -0.0800. The maximum atomic E-state index is 5.84. The van der Waals surface area contributed by atoms with Crippen LogP contribution in [0.3, 0.4) is 0 Å². The first-order valence-electron chi connectivity index (χ1n) is 4.81. The van der Waals surface area contributed by atoms with Gasteiger partial charge in [0.25, 0.3) is 0 Å². The van der Waals surface area contributed by atoms with Crippen LogP contribution >= 0.6 is 0 Å². The molecule has 0 aromatic carbocycles. The lowest BCUT2D eigenvalue weighted by Crippen LogP contribution is -2.39. The van der Waals surface area contributed by atoms with E-state index in [2.05, 4.69) is 34.6 Å². The molecule has 2 N–H and O–H groups in total. The van der Waals surface area contributed by atoms with Gasteiger partial charge in [-0.2, -0.15) is 0 Å². The highest BCUT2D eigenvalue weighted by molar-refractivity contribution is 4.65. The minimum absolute atomic E-state index is 0.311. The smallest absolute Gasteiger partial charge is 0.0177 e. The van der Waals surface area contributed by atoms with Crippen LogP contribution in [0, 0.1) is 11.3 Å². The van der Waals surface area contributed by atoms with Crippen LogP contribution in [0.4, 0.5) is 0 Å². The molecule has 0 bridgehead atoms. The lowest BCUT2D eigenvalue weighted by Gasteiger charge is -2.26. The molecule has 0 aromatic heterocycles. The van der Waals surface area contributed by atoms with Gasteiger partial charge in [0.15, 0.2) is 0 Å². The van der Waals surface area contributed by atoms with E-state index < -0.39 is 0 Å². The first-order chi connectivity index (χ1) is 5.31. The highest BCUT2D eigenvalue weighted by Crippen LogP contribution is 2.13. The summed E-state index contributed by atoms with van der Waals surface area (Å²) in [5.41, 5.74) is 0.311. The molecular weight excluding hydrogens is 148 g/mol. The molecule has 74 valence electrons. The molecular formula is C10H24N2. The summed E-state index contributed by atoms with van der Waals surface area (Å²) in [6.07, 6.45) is 1.19. The van der Waals surface area contributed by atoms with Gasteiger partial charge in [0.1, 0.15) is 0 Å². The molecule has 0 saturated carbocycles. The van der Waals surface area contributed by atoms with Gasteiger partial charge in [-0.05, 0) is 17.8 Å². The first-order valence-corrected chi connectivity index (χ1v) is 4.81. The molecule has 12 heavy (non-hydrogen) atoms. The Balaban J connectivity index is 3.53. The number of hydrogen-bond donors (Lipinski definition) is 1. The van der Waals surface area contributed by atoms with Gasteiger partial charge in [0, 0.05) is 13.1 Å². The summed E-state index contributed by atoms with van der Waals surface area (Å²) in [5, 5.41) is 1.93. The van der Waals surface area contributed by atoms with Crippen molar-refractivity contribution in [3.05, 3.63) is 0 Å². The second-order valence-corrected chi connectivity index (χ2v) is 5.21. The molecule has 0 heterocycles. The van der Waals surface area contributed by atoms with Crippen LogP contribution in [0.1, 0.15) is 41.0 Å². The molecule has 0 aliphatic carbocycles. The van der Waals surface area contributed by atoms with Crippen LogP contribution < -0.4 is 5.84 Å². The van der Waals surface area contributed by atoms with Crippen LogP contribution in [0.15, 0.2) is 0 Å². The third kappa shape index (κ3) is 8.02. The zero-order valence-corrected chi connectivity index (χ0v) is 9.22. The van der Waals surface area contributed by atoms with Crippen molar-refractivity contribution in [2.75, 3.05) is 13.1 Å². The molecule has 0 aliphatic rings. The Morgan fingerprint density at radius 3 is 2.08 bits per heavy atom. The average molecular weight is 172 g/mol. The van der Waals surface area contributed by atoms with Crippen LogP contribution in [-0.2, 0) is 0 Å². The van der Waals surface area contributed by atoms with E-state index in [0.29, 0.717) is 5.41 Å². The molecule has 0 radical (unpaired) electrons. The predicted octanol–water partition coefficient (Wildman–Crippen LogP) is 2.25. The zero-order chi connectivity index (χ0) is 9.78. The minimum Gasteiger partial charge on any atom is -0.269 e. The van der Waals surface area contributed by atoms with Gasteiger partial charge in [-0.15, -0.1) is 0 Å². The van der Waals surface area contributed by atoms with Crippen molar-refractivity contribution in [2.24, 2.45) is 17.2 Å². The maximum Gasteiger partial charge on any atom is 0.0177 e. The van der Waals surface area contributed by atoms with Gasteiger partial charge in [-0.1, -0.05) is 34.6 Å². The normalized spacial score (nSPS) is 13.0. The molecule has 0 atom stereocenters. The topological polar surface area (TPSA) is 29.3 Å². The van der Waals surface area contributed by atoms with Crippen molar-refractivity contribution in [3.8, 4) is 0 Å². The predicted molar refractivity (Wildman–Crippen MR) is 54.7 cm³/mol. The van der Waals surface area contributed by atoms with E-state index in [-0.39, 0.29) is 0 Å². The van der Waals surface area contributed by atoms with Crippen molar-refractivity contribution in [3.63, 3.8) is 0 Å². The number of hydrazine groups is 1. The Morgan fingerprint density at radius 2 is 1.75 bits per heavy atom. The highest BCUT2D eigenvalue weighted by atomic mass is 15.4. The molecule has 2 nitrogen and oxygen atoms in total. The van der Waals surface area contributed by atoms with Gasteiger partial charge in [-0.3, -0.25) is 5.84 Å². The lowest BCUT2D eigenvalue weighted by atomic mass is 9.96. The Labute approximate surface area is 77.1 Å². The second kappa shape index (κ2) is 4.83. The van der Waals surface area contributed by atoms with E-state index in [9.17, 15) is 0 Å². The fraction of sp³-hybridized carbons (Fsp3) is 1.00. The molecule has 2 heteroatoms. The van der Waals surface area contributed by atoms with E-state index in [4.69, 9.17) is 5.84 Å². The fourth-order valence-corrected chi connectivity index (χ4v) is 1.11. The largest absolute Gasteiger partial charge is 0.269 e. The summed E-state index contributed by atoms with van der Waals surface area (Å²) in [6, 6.07) is 0. The second-order valence-electron chi connectivity index (χ2n) is 5.21. The third-order valence-corrected chi connectivity index (χ3v) is 1.67. The molecule has 0 aromatic rings. The van der Waals surface area contributed by atoms with Crippen molar-refractivity contribution < 1.29 is 0 Å². The minimum atomic E-state index is 0.311. The Bertz CT molecular complexity index is 113.